The molecule has 0 fully saturated rings. The van der Waals surface area contributed by atoms with Gasteiger partial charge >= 0.3 is 0 Å². The lowest BCUT2D eigenvalue weighted by Crippen LogP contribution is -2.06. The molecule has 0 bridgehead atoms. The van der Waals surface area contributed by atoms with E-state index >= 15 is 0 Å². The Hall–Kier alpha value is -4.34. The number of anilines is 2. The molecule has 2 aromatic carbocycles. The molecule has 1 N–H and O–H groups in total. The minimum absolute atomic E-state index is 0.325. The molecular weight excluding hydrogens is 412 g/mol. The average Bonchev–Trinajstić information content (AvgIpc) is 3.32. The van der Waals surface area contributed by atoms with Gasteiger partial charge in [0.05, 0.1) is 21.3 Å². The van der Waals surface area contributed by atoms with Gasteiger partial charge in [-0.3, -0.25) is 0 Å². The topological polar surface area (TPSA) is 105 Å². The van der Waals surface area contributed by atoms with Crippen molar-refractivity contribution in [1.82, 2.24) is 24.7 Å². The molecular formula is C22H22N6O4. The van der Waals surface area contributed by atoms with Gasteiger partial charge in [-0.25, -0.2) is 9.67 Å². The number of aromatic nitrogens is 5. The van der Waals surface area contributed by atoms with Gasteiger partial charge in [0.15, 0.2) is 11.5 Å². The zero-order chi connectivity index (χ0) is 22.3. The second-order valence-corrected chi connectivity index (χ2v) is 6.52. The fraction of sp³-hybridized carbons (Fsp3) is 0.182. The quantitative estimate of drug-likeness (QED) is 0.424. The van der Waals surface area contributed by atoms with Gasteiger partial charge < -0.3 is 24.3 Å². The van der Waals surface area contributed by atoms with Crippen LogP contribution in [0.25, 0.3) is 5.95 Å². The van der Waals surface area contributed by atoms with E-state index in [-0.39, 0.29) is 0 Å². The SMILES string of the molecule is COc1cc(Nc2ncnc(-n3ccc(OCc4ccccc4)n3)n2)cc(OC)c1OC. The van der Waals surface area contributed by atoms with Crippen molar-refractivity contribution in [2.45, 2.75) is 6.61 Å². The second kappa shape index (κ2) is 9.65. The van der Waals surface area contributed by atoms with Gasteiger partial charge in [0.2, 0.25) is 17.6 Å². The third kappa shape index (κ3) is 4.69. The Morgan fingerprint density at radius 2 is 1.66 bits per heavy atom. The summed E-state index contributed by atoms with van der Waals surface area (Å²) in [4.78, 5) is 12.8. The fourth-order valence-corrected chi connectivity index (χ4v) is 2.97. The van der Waals surface area contributed by atoms with Gasteiger partial charge in [0.1, 0.15) is 12.9 Å². The lowest BCUT2D eigenvalue weighted by atomic mass is 10.2. The average molecular weight is 434 g/mol. The lowest BCUT2D eigenvalue weighted by molar-refractivity contribution is 0.291. The highest BCUT2D eigenvalue weighted by atomic mass is 16.5. The van der Waals surface area contributed by atoms with Gasteiger partial charge in [-0.15, -0.1) is 5.10 Å². The van der Waals surface area contributed by atoms with Gasteiger partial charge in [0.25, 0.3) is 5.95 Å². The minimum Gasteiger partial charge on any atom is -0.493 e. The van der Waals surface area contributed by atoms with E-state index in [2.05, 4.69) is 25.4 Å². The van der Waals surface area contributed by atoms with E-state index in [1.807, 2.05) is 30.3 Å². The summed E-state index contributed by atoms with van der Waals surface area (Å²) >= 11 is 0. The van der Waals surface area contributed by atoms with Crippen LogP contribution >= 0.6 is 0 Å². The molecule has 0 aliphatic rings. The summed E-state index contributed by atoms with van der Waals surface area (Å²) in [6, 6.07) is 15.1. The van der Waals surface area contributed by atoms with Crippen LogP contribution in [0.15, 0.2) is 61.1 Å². The van der Waals surface area contributed by atoms with Crippen LogP contribution in [0, 0.1) is 0 Å². The van der Waals surface area contributed by atoms with Gasteiger partial charge in [-0.05, 0) is 5.56 Å². The molecule has 4 rings (SSSR count). The smallest absolute Gasteiger partial charge is 0.255 e. The minimum atomic E-state index is 0.325. The molecule has 0 amide bonds. The summed E-state index contributed by atoms with van der Waals surface area (Å²) in [7, 11) is 4.65. The van der Waals surface area contributed by atoms with Crippen molar-refractivity contribution in [1.29, 1.82) is 0 Å². The van der Waals surface area contributed by atoms with Crippen molar-refractivity contribution in [3.8, 4) is 29.1 Å². The van der Waals surface area contributed by atoms with E-state index in [4.69, 9.17) is 18.9 Å². The van der Waals surface area contributed by atoms with Crippen molar-refractivity contribution < 1.29 is 18.9 Å². The second-order valence-electron chi connectivity index (χ2n) is 6.52. The Bertz CT molecular complexity index is 1160. The summed E-state index contributed by atoms with van der Waals surface area (Å²) in [5, 5.41) is 7.50. The van der Waals surface area contributed by atoms with Crippen molar-refractivity contribution in [2.75, 3.05) is 26.6 Å². The van der Waals surface area contributed by atoms with E-state index < -0.39 is 0 Å². The summed E-state index contributed by atoms with van der Waals surface area (Å²) in [6.45, 7) is 0.420. The van der Waals surface area contributed by atoms with Crippen LogP contribution < -0.4 is 24.3 Å². The number of benzene rings is 2. The van der Waals surface area contributed by atoms with Gasteiger partial charge in [0, 0.05) is 30.1 Å². The molecule has 2 aromatic heterocycles. The highest BCUT2D eigenvalue weighted by molar-refractivity contribution is 5.65. The molecule has 10 nitrogen and oxygen atoms in total. The number of ether oxygens (including phenoxy) is 4. The first-order valence-electron chi connectivity index (χ1n) is 9.69. The van der Waals surface area contributed by atoms with E-state index in [1.54, 1.807) is 45.7 Å². The van der Waals surface area contributed by atoms with Crippen molar-refractivity contribution >= 4 is 11.6 Å². The maximum absolute atomic E-state index is 5.73. The summed E-state index contributed by atoms with van der Waals surface area (Å²) < 4.78 is 23.4. The molecule has 0 aliphatic heterocycles. The first kappa shape index (κ1) is 20.9. The molecule has 0 spiro atoms. The first-order chi connectivity index (χ1) is 15.7. The predicted molar refractivity (Wildman–Crippen MR) is 117 cm³/mol. The molecule has 2 heterocycles. The van der Waals surface area contributed by atoms with Crippen LogP contribution in [-0.2, 0) is 6.61 Å². The molecule has 0 atom stereocenters. The maximum atomic E-state index is 5.73. The molecule has 164 valence electrons. The number of rotatable bonds is 9. The van der Waals surface area contributed by atoms with Crippen molar-refractivity contribution in [3.63, 3.8) is 0 Å². The molecule has 0 saturated carbocycles. The maximum Gasteiger partial charge on any atom is 0.255 e. The van der Waals surface area contributed by atoms with Crippen molar-refractivity contribution in [2.24, 2.45) is 0 Å². The highest BCUT2D eigenvalue weighted by Crippen LogP contribution is 2.40. The van der Waals surface area contributed by atoms with Gasteiger partial charge in [-0.1, -0.05) is 30.3 Å². The van der Waals surface area contributed by atoms with Crippen LogP contribution in [0.2, 0.25) is 0 Å². The van der Waals surface area contributed by atoms with Gasteiger partial charge in [-0.2, -0.15) is 9.97 Å². The van der Waals surface area contributed by atoms with E-state index in [1.165, 1.54) is 11.0 Å². The molecule has 4 aromatic rings. The fourth-order valence-electron chi connectivity index (χ4n) is 2.97. The Morgan fingerprint density at radius 1 is 0.906 bits per heavy atom. The van der Waals surface area contributed by atoms with E-state index in [0.717, 1.165) is 5.56 Å². The Kier molecular flexibility index (Phi) is 6.30. The van der Waals surface area contributed by atoms with Crippen LogP contribution in [0.5, 0.6) is 23.1 Å². The summed E-state index contributed by atoms with van der Waals surface area (Å²) in [6.07, 6.45) is 3.12. The standard InChI is InChI=1S/C22H22N6O4/c1-29-17-11-16(12-18(30-2)20(17)31-3)25-21-23-14-24-22(26-21)28-10-9-19(27-28)32-13-15-7-5-4-6-8-15/h4-12,14H,13H2,1-3H3,(H,23,24,25,26). The van der Waals surface area contributed by atoms with E-state index in [0.29, 0.717) is 47.3 Å². The zero-order valence-corrected chi connectivity index (χ0v) is 17.8. The third-order valence-corrected chi connectivity index (χ3v) is 4.48. The number of methoxy groups -OCH3 is 3. The molecule has 0 aliphatic carbocycles. The highest BCUT2D eigenvalue weighted by Gasteiger charge is 2.14. The monoisotopic (exact) mass is 434 g/mol. The van der Waals surface area contributed by atoms with Crippen LogP contribution in [0.3, 0.4) is 0 Å². The van der Waals surface area contributed by atoms with Crippen LogP contribution in [0.4, 0.5) is 11.6 Å². The Balaban J connectivity index is 1.50. The predicted octanol–water partition coefficient (Wildman–Crippen LogP) is 3.41. The Morgan fingerprint density at radius 3 is 2.34 bits per heavy atom. The molecule has 0 unspecified atom stereocenters. The summed E-state index contributed by atoms with van der Waals surface area (Å²) in [5.74, 6) is 2.65. The largest absolute Gasteiger partial charge is 0.493 e. The number of hydrogen-bond acceptors (Lipinski definition) is 9. The molecule has 10 heteroatoms. The zero-order valence-electron chi connectivity index (χ0n) is 17.8. The van der Waals surface area contributed by atoms with E-state index in [9.17, 15) is 0 Å². The number of nitrogens with zero attached hydrogens (tertiary/aromatic N) is 5. The lowest BCUT2D eigenvalue weighted by Gasteiger charge is -2.14. The normalized spacial score (nSPS) is 10.5. The van der Waals surface area contributed by atoms with Crippen LogP contribution in [0.1, 0.15) is 5.56 Å². The first-order valence-corrected chi connectivity index (χ1v) is 9.69. The molecule has 32 heavy (non-hydrogen) atoms. The molecule has 0 saturated heterocycles. The number of hydrogen-bond donors (Lipinski definition) is 1. The molecule has 0 radical (unpaired) electrons. The van der Waals surface area contributed by atoms with Crippen LogP contribution in [-0.4, -0.2) is 46.1 Å². The Labute approximate surface area is 184 Å². The van der Waals surface area contributed by atoms with Crippen molar-refractivity contribution in [3.05, 3.63) is 66.6 Å². The number of nitrogens with one attached hydrogen (secondary N) is 1. The third-order valence-electron chi connectivity index (χ3n) is 4.48. The summed E-state index contributed by atoms with van der Waals surface area (Å²) in [5.41, 5.74) is 1.71.